The predicted octanol–water partition coefficient (Wildman–Crippen LogP) is 4.37. The van der Waals surface area contributed by atoms with Crippen LogP contribution in [0.4, 0.5) is 16.3 Å². The van der Waals surface area contributed by atoms with Gasteiger partial charge in [0.25, 0.3) is 0 Å². The number of likely N-dealkylation sites (tertiary alicyclic amines) is 1. The Morgan fingerprint density at radius 2 is 1.87 bits per heavy atom. The van der Waals surface area contributed by atoms with Gasteiger partial charge in [-0.25, -0.2) is 19.7 Å². The number of carbonyl (C=O) groups excluding carboxylic acids is 2. The second-order valence-corrected chi connectivity index (χ2v) is 9.60. The Labute approximate surface area is 226 Å². The molecule has 2 fully saturated rings. The largest absolute Gasteiger partial charge is 0.432 e. The predicted molar refractivity (Wildman–Crippen MR) is 144 cm³/mol. The van der Waals surface area contributed by atoms with Crippen molar-refractivity contribution in [2.45, 2.75) is 12.8 Å². The van der Waals surface area contributed by atoms with E-state index in [1.807, 2.05) is 36.4 Å². The molecule has 0 radical (unpaired) electrons. The first-order valence-electron chi connectivity index (χ1n) is 12.5. The third-order valence-electron chi connectivity index (χ3n) is 6.96. The third-order valence-corrected chi connectivity index (χ3v) is 7.24. The molecule has 2 saturated heterocycles. The minimum atomic E-state index is -0.439. The molecule has 0 aliphatic carbocycles. The van der Waals surface area contributed by atoms with Crippen molar-refractivity contribution in [2.24, 2.45) is 5.92 Å². The molecule has 0 saturated carbocycles. The number of fused-ring (bicyclic) bond motifs is 3. The molecule has 11 nitrogen and oxygen atoms in total. The number of aromatic nitrogens is 3. The molecule has 0 atom stereocenters. The lowest BCUT2D eigenvalue weighted by molar-refractivity contribution is -0.121. The number of carbonyl (C=O) groups is 2. The van der Waals surface area contributed by atoms with Crippen LogP contribution < -0.4 is 10.2 Å². The van der Waals surface area contributed by atoms with E-state index in [4.69, 9.17) is 19.1 Å². The maximum absolute atomic E-state index is 13.0. The molecule has 38 heavy (non-hydrogen) atoms. The summed E-state index contributed by atoms with van der Waals surface area (Å²) in [6.07, 6.45) is 2.39. The van der Waals surface area contributed by atoms with Crippen LogP contribution in [-0.4, -0.2) is 71.2 Å². The number of benzene rings is 1. The summed E-state index contributed by atoms with van der Waals surface area (Å²) in [5.41, 5.74) is 3.24. The summed E-state index contributed by atoms with van der Waals surface area (Å²) in [4.78, 5) is 42.5. The van der Waals surface area contributed by atoms with Gasteiger partial charge in [0.1, 0.15) is 5.52 Å². The van der Waals surface area contributed by atoms with Crippen LogP contribution >= 0.6 is 16.3 Å². The van der Waals surface area contributed by atoms with E-state index in [0.717, 1.165) is 10.9 Å². The van der Waals surface area contributed by atoms with Gasteiger partial charge in [-0.3, -0.25) is 4.79 Å². The number of piperidine rings is 1. The first-order valence-corrected chi connectivity index (χ1v) is 13.1. The van der Waals surface area contributed by atoms with E-state index in [2.05, 4.69) is 35.3 Å². The van der Waals surface area contributed by atoms with Gasteiger partial charge in [0.15, 0.2) is 33.5 Å². The monoisotopic (exact) mass is 580 g/mol. The van der Waals surface area contributed by atoms with E-state index in [0.29, 0.717) is 86.4 Å². The molecule has 4 aromatic rings. The average Bonchev–Trinajstić information content (AvgIpc) is 3.35. The van der Waals surface area contributed by atoms with Crippen molar-refractivity contribution in [3.8, 4) is 11.4 Å². The maximum Gasteiger partial charge on any atom is 0.421 e. The van der Waals surface area contributed by atoms with Crippen molar-refractivity contribution in [2.75, 3.05) is 49.6 Å². The van der Waals surface area contributed by atoms with Gasteiger partial charge in [-0.1, -0.05) is 12.1 Å². The zero-order chi connectivity index (χ0) is 26.1. The molecule has 6 rings (SSSR count). The van der Waals surface area contributed by atoms with E-state index in [9.17, 15) is 9.59 Å². The number of hydrogen-bond donors (Lipinski definition) is 1. The van der Waals surface area contributed by atoms with E-state index in [1.165, 1.54) is 0 Å². The number of halogens is 1. The summed E-state index contributed by atoms with van der Waals surface area (Å²) in [7, 11) is 0. The molecule has 196 valence electrons. The second-order valence-electron chi connectivity index (χ2n) is 9.28. The second kappa shape index (κ2) is 10.5. The highest BCUT2D eigenvalue weighted by Gasteiger charge is 2.28. The molecular weight excluding hydrogens is 556 g/mol. The Balaban J connectivity index is 1.29. The van der Waals surface area contributed by atoms with Gasteiger partial charge < -0.3 is 28.1 Å². The first-order chi connectivity index (χ1) is 18.6. The lowest BCUT2D eigenvalue weighted by Crippen LogP contribution is -2.40. The minimum Gasteiger partial charge on any atom is -0.432 e. The standard InChI is InChI=1S/C26H25BrN6O5/c27-38-26(35)33-9-6-16(7-10-33)24(34)29-18-4-1-3-17(15-18)22-30-20-19-5-2-8-28-25(19)37-21(20)23(31-22)32-11-13-36-14-12-32/h1-5,8,15-16H,6-7,9-14H2,(H,29,34). The van der Waals surface area contributed by atoms with Crippen LogP contribution in [0.15, 0.2) is 47.0 Å². The zero-order valence-corrected chi connectivity index (χ0v) is 22.0. The van der Waals surface area contributed by atoms with Crippen LogP contribution in [0.2, 0.25) is 0 Å². The fourth-order valence-electron chi connectivity index (χ4n) is 4.94. The Hall–Kier alpha value is -3.77. The number of rotatable bonds is 4. The number of nitrogens with zero attached hydrogens (tertiary/aromatic N) is 5. The van der Waals surface area contributed by atoms with Crippen molar-refractivity contribution in [3.63, 3.8) is 0 Å². The number of morpholine rings is 1. The SMILES string of the molecule is O=C(Nc1cccc(-c2nc(N3CCOCC3)c3oc4ncccc4c3n2)c1)C1CCN(C(=O)OBr)CC1. The lowest BCUT2D eigenvalue weighted by Gasteiger charge is -2.29. The minimum absolute atomic E-state index is 0.0775. The number of hydrogen-bond acceptors (Lipinski definition) is 9. The van der Waals surface area contributed by atoms with Crippen LogP contribution in [0, 0.1) is 5.92 Å². The molecule has 5 heterocycles. The summed E-state index contributed by atoms with van der Waals surface area (Å²) >= 11 is 2.72. The zero-order valence-electron chi connectivity index (χ0n) is 20.4. The van der Waals surface area contributed by atoms with Crippen molar-refractivity contribution >= 4 is 62.0 Å². The van der Waals surface area contributed by atoms with Gasteiger partial charge in [-0.2, -0.15) is 0 Å². The van der Waals surface area contributed by atoms with Gasteiger partial charge in [-0.15, -0.1) is 0 Å². The van der Waals surface area contributed by atoms with Crippen molar-refractivity contribution in [3.05, 3.63) is 42.6 Å². The molecule has 0 spiro atoms. The molecule has 3 aromatic heterocycles. The number of ether oxygens (including phenoxy) is 1. The molecular formula is C26H25BrN6O5. The summed E-state index contributed by atoms with van der Waals surface area (Å²) in [5.74, 6) is 0.965. The van der Waals surface area contributed by atoms with Gasteiger partial charge in [0.05, 0.1) is 18.6 Å². The topological polar surface area (TPSA) is 123 Å². The van der Waals surface area contributed by atoms with Gasteiger partial charge in [0, 0.05) is 49.5 Å². The average molecular weight is 581 g/mol. The third kappa shape index (κ3) is 4.76. The smallest absolute Gasteiger partial charge is 0.421 e. The fraction of sp³-hybridized carbons (Fsp3) is 0.346. The van der Waals surface area contributed by atoms with Crippen LogP contribution in [0.1, 0.15) is 12.8 Å². The summed E-state index contributed by atoms with van der Waals surface area (Å²) in [6.45, 7) is 3.53. The fourth-order valence-corrected chi connectivity index (χ4v) is 5.14. The number of furan rings is 1. The summed E-state index contributed by atoms with van der Waals surface area (Å²) in [6, 6.07) is 11.3. The van der Waals surface area contributed by atoms with Crippen LogP contribution in [0.3, 0.4) is 0 Å². The number of amides is 2. The number of anilines is 2. The van der Waals surface area contributed by atoms with Gasteiger partial charge >= 0.3 is 6.09 Å². The lowest BCUT2D eigenvalue weighted by atomic mass is 9.96. The number of nitrogens with one attached hydrogen (secondary N) is 1. The molecule has 2 amide bonds. The molecule has 0 unspecified atom stereocenters. The highest BCUT2D eigenvalue weighted by atomic mass is 79.9. The molecule has 12 heteroatoms. The van der Waals surface area contributed by atoms with Gasteiger partial charge in [-0.05, 0) is 37.1 Å². The van der Waals surface area contributed by atoms with Crippen molar-refractivity contribution < 1.29 is 22.6 Å². The highest BCUT2D eigenvalue weighted by molar-refractivity contribution is 9.06. The Bertz CT molecular complexity index is 1500. The summed E-state index contributed by atoms with van der Waals surface area (Å²) in [5, 5.41) is 3.85. The number of pyridine rings is 1. The van der Waals surface area contributed by atoms with Crippen LogP contribution in [0.25, 0.3) is 33.6 Å². The normalized spacial score (nSPS) is 16.7. The van der Waals surface area contributed by atoms with Crippen LogP contribution in [-0.2, 0) is 13.4 Å². The Morgan fingerprint density at radius 3 is 2.66 bits per heavy atom. The molecule has 2 aliphatic rings. The van der Waals surface area contributed by atoms with E-state index >= 15 is 0 Å². The molecule has 0 bridgehead atoms. The van der Waals surface area contributed by atoms with Crippen LogP contribution in [0.5, 0.6) is 0 Å². The van der Waals surface area contributed by atoms with Crippen molar-refractivity contribution in [1.29, 1.82) is 0 Å². The maximum atomic E-state index is 13.0. The van der Waals surface area contributed by atoms with Gasteiger partial charge in [0.2, 0.25) is 11.6 Å². The molecule has 1 aromatic carbocycles. The quantitative estimate of drug-likeness (QED) is 0.374. The van der Waals surface area contributed by atoms with E-state index < -0.39 is 6.09 Å². The Morgan fingerprint density at radius 1 is 1.05 bits per heavy atom. The van der Waals surface area contributed by atoms with E-state index in [-0.39, 0.29) is 11.8 Å². The van der Waals surface area contributed by atoms with Crippen molar-refractivity contribution in [1.82, 2.24) is 19.9 Å². The first kappa shape index (κ1) is 24.6. The Kier molecular flexibility index (Phi) is 6.81. The molecule has 1 N–H and O–H groups in total. The summed E-state index contributed by atoms with van der Waals surface area (Å²) < 4.78 is 16.2. The highest BCUT2D eigenvalue weighted by Crippen LogP contribution is 2.35. The van der Waals surface area contributed by atoms with E-state index in [1.54, 1.807) is 11.1 Å². The molecule has 2 aliphatic heterocycles.